The summed E-state index contributed by atoms with van der Waals surface area (Å²) in [5.74, 6) is 1.12. The van der Waals surface area contributed by atoms with Gasteiger partial charge in [-0.05, 0) is 26.1 Å². The van der Waals surface area contributed by atoms with E-state index in [4.69, 9.17) is 5.73 Å². The van der Waals surface area contributed by atoms with E-state index in [9.17, 15) is 0 Å². The Labute approximate surface area is 97.9 Å². The molecule has 1 unspecified atom stereocenters. The van der Waals surface area contributed by atoms with E-state index in [1.54, 1.807) is 6.20 Å². The molecule has 0 aliphatic heterocycles. The Balaban J connectivity index is 2.68. The van der Waals surface area contributed by atoms with Crippen LogP contribution in [0.25, 0.3) is 0 Å². The average molecular weight is 222 g/mol. The number of nitrogen functional groups attached to an aromatic ring is 1. The lowest BCUT2D eigenvalue weighted by Crippen LogP contribution is -2.36. The highest BCUT2D eigenvalue weighted by Crippen LogP contribution is 2.14. The van der Waals surface area contributed by atoms with Crippen LogP contribution < -0.4 is 11.1 Å². The summed E-state index contributed by atoms with van der Waals surface area (Å²) < 4.78 is 0. The number of likely N-dealkylation sites (N-methyl/N-ethyl adjacent to an activating group) is 1. The Morgan fingerprint density at radius 1 is 1.44 bits per heavy atom. The minimum atomic E-state index is 0.414. The molecule has 0 radical (unpaired) electrons. The van der Waals surface area contributed by atoms with Crippen molar-refractivity contribution in [1.82, 2.24) is 9.88 Å². The standard InChI is InChI=1S/C12H22N4/c1-9(2)11(8-16(3)4)15-10-5-6-14-12(13)7-10/h5-7,9,11H,8H2,1-4H3,(H3,13,14,15). The minimum Gasteiger partial charge on any atom is -0.384 e. The summed E-state index contributed by atoms with van der Waals surface area (Å²) in [6.07, 6.45) is 1.73. The molecule has 1 rings (SSSR count). The summed E-state index contributed by atoms with van der Waals surface area (Å²) in [5.41, 5.74) is 6.69. The minimum absolute atomic E-state index is 0.414. The predicted molar refractivity (Wildman–Crippen MR) is 69.5 cm³/mol. The number of pyridine rings is 1. The molecule has 0 aromatic carbocycles. The Hall–Kier alpha value is -1.29. The molecule has 0 saturated heterocycles. The van der Waals surface area contributed by atoms with Crippen LogP contribution in [0.15, 0.2) is 18.3 Å². The highest BCUT2D eigenvalue weighted by Gasteiger charge is 2.13. The van der Waals surface area contributed by atoms with Crippen LogP contribution in [0.1, 0.15) is 13.8 Å². The van der Waals surface area contributed by atoms with E-state index >= 15 is 0 Å². The molecule has 1 aromatic heterocycles. The number of nitrogens with two attached hydrogens (primary N) is 1. The lowest BCUT2D eigenvalue weighted by Gasteiger charge is -2.26. The Kier molecular flexibility index (Phi) is 4.55. The molecule has 0 aliphatic carbocycles. The number of nitrogens with zero attached hydrogens (tertiary/aromatic N) is 2. The fourth-order valence-corrected chi connectivity index (χ4v) is 1.57. The number of nitrogens with one attached hydrogen (secondary N) is 1. The van der Waals surface area contributed by atoms with Crippen LogP contribution in [0.5, 0.6) is 0 Å². The van der Waals surface area contributed by atoms with Gasteiger partial charge < -0.3 is 16.0 Å². The van der Waals surface area contributed by atoms with Crippen LogP contribution >= 0.6 is 0 Å². The maximum absolute atomic E-state index is 5.65. The zero-order chi connectivity index (χ0) is 12.1. The van der Waals surface area contributed by atoms with Gasteiger partial charge in [0.2, 0.25) is 0 Å². The number of rotatable bonds is 5. The summed E-state index contributed by atoms with van der Waals surface area (Å²) in [7, 11) is 4.16. The van der Waals surface area contributed by atoms with Crippen LogP contribution in [0, 0.1) is 5.92 Å². The van der Waals surface area contributed by atoms with Gasteiger partial charge in [0, 0.05) is 30.5 Å². The normalized spacial score (nSPS) is 13.1. The molecule has 0 saturated carbocycles. The van der Waals surface area contributed by atoms with Crippen molar-refractivity contribution >= 4 is 11.5 Å². The molecule has 0 amide bonds. The van der Waals surface area contributed by atoms with E-state index in [2.05, 4.69) is 43.1 Å². The fraction of sp³-hybridized carbons (Fsp3) is 0.583. The summed E-state index contributed by atoms with van der Waals surface area (Å²) in [6.45, 7) is 5.43. The van der Waals surface area contributed by atoms with E-state index in [1.165, 1.54) is 0 Å². The van der Waals surface area contributed by atoms with Gasteiger partial charge in [0.25, 0.3) is 0 Å². The molecular formula is C12H22N4. The second kappa shape index (κ2) is 5.70. The molecule has 4 heteroatoms. The maximum atomic E-state index is 5.65. The van der Waals surface area contributed by atoms with Crippen LogP contribution in [-0.4, -0.2) is 36.6 Å². The molecule has 16 heavy (non-hydrogen) atoms. The van der Waals surface area contributed by atoms with E-state index in [0.717, 1.165) is 12.2 Å². The van der Waals surface area contributed by atoms with Crippen molar-refractivity contribution in [1.29, 1.82) is 0 Å². The van der Waals surface area contributed by atoms with E-state index < -0.39 is 0 Å². The number of hydrogen-bond donors (Lipinski definition) is 2. The highest BCUT2D eigenvalue weighted by atomic mass is 15.1. The molecule has 4 nitrogen and oxygen atoms in total. The Morgan fingerprint density at radius 3 is 2.62 bits per heavy atom. The van der Waals surface area contributed by atoms with Gasteiger partial charge >= 0.3 is 0 Å². The topological polar surface area (TPSA) is 54.2 Å². The van der Waals surface area contributed by atoms with E-state index in [1.807, 2.05) is 12.1 Å². The molecule has 1 heterocycles. The first-order chi connectivity index (χ1) is 7.49. The molecule has 90 valence electrons. The fourth-order valence-electron chi connectivity index (χ4n) is 1.57. The third-order valence-electron chi connectivity index (χ3n) is 2.50. The monoisotopic (exact) mass is 222 g/mol. The zero-order valence-corrected chi connectivity index (χ0v) is 10.6. The van der Waals surface area contributed by atoms with Gasteiger partial charge in [-0.15, -0.1) is 0 Å². The van der Waals surface area contributed by atoms with Gasteiger partial charge in [-0.3, -0.25) is 0 Å². The van der Waals surface area contributed by atoms with Crippen LogP contribution in [0.4, 0.5) is 11.5 Å². The summed E-state index contributed by atoms with van der Waals surface area (Å²) in [6, 6.07) is 4.23. The molecule has 1 aromatic rings. The van der Waals surface area contributed by atoms with Gasteiger partial charge in [0.1, 0.15) is 5.82 Å². The third-order valence-corrected chi connectivity index (χ3v) is 2.50. The van der Waals surface area contributed by atoms with Crippen molar-refractivity contribution in [3.63, 3.8) is 0 Å². The summed E-state index contributed by atoms with van der Waals surface area (Å²) in [4.78, 5) is 6.16. The molecule has 1 atom stereocenters. The lowest BCUT2D eigenvalue weighted by atomic mass is 10.0. The van der Waals surface area contributed by atoms with Crippen LogP contribution in [-0.2, 0) is 0 Å². The molecule has 0 aliphatic rings. The molecule has 0 bridgehead atoms. The first-order valence-electron chi connectivity index (χ1n) is 5.62. The van der Waals surface area contributed by atoms with Crippen molar-refractivity contribution in [3.8, 4) is 0 Å². The average Bonchev–Trinajstić information content (AvgIpc) is 2.15. The lowest BCUT2D eigenvalue weighted by molar-refractivity contribution is 0.344. The van der Waals surface area contributed by atoms with Crippen molar-refractivity contribution in [2.45, 2.75) is 19.9 Å². The van der Waals surface area contributed by atoms with Gasteiger partial charge in [-0.2, -0.15) is 0 Å². The Morgan fingerprint density at radius 2 is 2.12 bits per heavy atom. The van der Waals surface area contributed by atoms with Crippen molar-refractivity contribution in [2.75, 3.05) is 31.7 Å². The SMILES string of the molecule is CC(C)C(CN(C)C)Nc1ccnc(N)c1. The first kappa shape index (κ1) is 12.8. The second-order valence-corrected chi connectivity index (χ2v) is 4.73. The van der Waals surface area contributed by atoms with Gasteiger partial charge in [0.05, 0.1) is 0 Å². The van der Waals surface area contributed by atoms with Crippen molar-refractivity contribution in [2.24, 2.45) is 5.92 Å². The van der Waals surface area contributed by atoms with Gasteiger partial charge in [0.15, 0.2) is 0 Å². The quantitative estimate of drug-likeness (QED) is 0.795. The molecule has 0 spiro atoms. The largest absolute Gasteiger partial charge is 0.384 e. The van der Waals surface area contributed by atoms with Crippen molar-refractivity contribution < 1.29 is 0 Å². The van der Waals surface area contributed by atoms with Crippen LogP contribution in [0.3, 0.4) is 0 Å². The maximum Gasteiger partial charge on any atom is 0.125 e. The molecular weight excluding hydrogens is 200 g/mol. The second-order valence-electron chi connectivity index (χ2n) is 4.73. The third kappa shape index (κ3) is 4.06. The van der Waals surface area contributed by atoms with Gasteiger partial charge in [-0.1, -0.05) is 13.8 Å². The van der Waals surface area contributed by atoms with E-state index in [0.29, 0.717) is 17.8 Å². The zero-order valence-electron chi connectivity index (χ0n) is 10.6. The molecule has 3 N–H and O–H groups in total. The highest BCUT2D eigenvalue weighted by molar-refractivity contribution is 5.50. The molecule has 0 fully saturated rings. The van der Waals surface area contributed by atoms with Crippen molar-refractivity contribution in [3.05, 3.63) is 18.3 Å². The van der Waals surface area contributed by atoms with Crippen LogP contribution in [0.2, 0.25) is 0 Å². The number of aromatic nitrogens is 1. The Bertz CT molecular complexity index is 323. The number of anilines is 2. The number of hydrogen-bond acceptors (Lipinski definition) is 4. The summed E-state index contributed by atoms with van der Waals surface area (Å²) in [5, 5.41) is 3.49. The summed E-state index contributed by atoms with van der Waals surface area (Å²) >= 11 is 0. The van der Waals surface area contributed by atoms with E-state index in [-0.39, 0.29) is 0 Å². The van der Waals surface area contributed by atoms with Gasteiger partial charge in [-0.25, -0.2) is 4.98 Å². The first-order valence-corrected chi connectivity index (χ1v) is 5.62. The predicted octanol–water partition coefficient (Wildman–Crippen LogP) is 1.66. The smallest absolute Gasteiger partial charge is 0.125 e.